The number of hydrogen-bond acceptors (Lipinski definition) is 7. The highest BCUT2D eigenvalue weighted by atomic mass is 28.4. The van der Waals surface area contributed by atoms with Gasteiger partial charge < -0.3 is 29.2 Å². The molecular formula is C29H50O7Si. The summed E-state index contributed by atoms with van der Waals surface area (Å²) in [5.74, 6) is -1.22. The zero-order chi connectivity index (χ0) is 27.8. The van der Waals surface area contributed by atoms with Gasteiger partial charge in [-0.2, -0.15) is 0 Å². The van der Waals surface area contributed by atoms with E-state index in [0.717, 1.165) is 24.6 Å². The lowest BCUT2D eigenvalue weighted by molar-refractivity contribution is -0.293. The van der Waals surface area contributed by atoms with Gasteiger partial charge in [-0.25, -0.2) is 0 Å². The molecular weight excluding hydrogens is 488 g/mol. The van der Waals surface area contributed by atoms with Gasteiger partial charge in [0.15, 0.2) is 14.1 Å². The predicted octanol–water partition coefficient (Wildman–Crippen LogP) is 4.20. The summed E-state index contributed by atoms with van der Waals surface area (Å²) in [5.41, 5.74) is -4.45. The van der Waals surface area contributed by atoms with E-state index in [2.05, 4.69) is 27.7 Å². The Kier molecular flexibility index (Phi) is 7.43. The Hall–Kier alpha value is -0.773. The Morgan fingerprint density at radius 2 is 1.65 bits per heavy atom. The molecule has 3 N–H and O–H groups in total. The van der Waals surface area contributed by atoms with Gasteiger partial charge in [0.1, 0.15) is 5.60 Å². The fraction of sp³-hybridized carbons (Fsp3) is 0.897. The minimum atomic E-state index is -2.08. The van der Waals surface area contributed by atoms with Crippen molar-refractivity contribution in [1.82, 2.24) is 0 Å². The zero-order valence-electron chi connectivity index (χ0n) is 24.4. The highest BCUT2D eigenvalue weighted by Gasteiger charge is 2.74. The number of ketones is 1. The third-order valence-electron chi connectivity index (χ3n) is 11.8. The molecule has 3 saturated carbocycles. The van der Waals surface area contributed by atoms with Crippen molar-refractivity contribution in [2.45, 2.75) is 122 Å². The van der Waals surface area contributed by atoms with Gasteiger partial charge in [0.05, 0.1) is 36.4 Å². The molecule has 7 nitrogen and oxygen atoms in total. The van der Waals surface area contributed by atoms with Crippen molar-refractivity contribution in [3.05, 3.63) is 11.3 Å². The monoisotopic (exact) mass is 538 g/mol. The molecule has 212 valence electrons. The quantitative estimate of drug-likeness (QED) is 0.417. The van der Waals surface area contributed by atoms with Crippen LogP contribution in [0, 0.1) is 28.6 Å². The minimum Gasteiger partial charge on any atom is -0.493 e. The molecule has 0 aliphatic heterocycles. The summed E-state index contributed by atoms with van der Waals surface area (Å²) in [6, 6.07) is 2.88. The third-order valence-corrected chi connectivity index (χ3v) is 16.5. The van der Waals surface area contributed by atoms with Crippen LogP contribution in [-0.4, -0.2) is 73.2 Å². The van der Waals surface area contributed by atoms with Gasteiger partial charge >= 0.3 is 0 Å². The second-order valence-electron chi connectivity index (χ2n) is 13.1. The molecule has 4 aliphatic rings. The maximum Gasteiger partial charge on any atom is 0.206 e. The highest BCUT2D eigenvalue weighted by molar-refractivity contribution is 6.73. The molecule has 0 radical (unpaired) electrons. The molecule has 37 heavy (non-hydrogen) atoms. The Morgan fingerprint density at radius 1 is 1.05 bits per heavy atom. The van der Waals surface area contributed by atoms with Crippen molar-refractivity contribution < 1.29 is 34.0 Å². The number of allylic oxidation sites excluding steroid dienone is 1. The van der Waals surface area contributed by atoms with Gasteiger partial charge in [-0.3, -0.25) is 4.79 Å². The first-order chi connectivity index (χ1) is 17.2. The van der Waals surface area contributed by atoms with Crippen LogP contribution in [0.25, 0.3) is 0 Å². The number of carbonyl (C=O) groups is 1. The molecule has 0 heterocycles. The maximum absolute atomic E-state index is 14.6. The van der Waals surface area contributed by atoms with Gasteiger partial charge in [-0.05, 0) is 55.8 Å². The highest BCUT2D eigenvalue weighted by Crippen LogP contribution is 2.66. The standard InChI is InChI=1S/C29H50O7Si/c1-10-37(11-2,12-3)36-19-16-29(33)25(31)23-27(7,20(34-8)15-18-13-14-28(18,23)32)24(30)22(35-9)21(17(19)4)26(29,5)6/h17-20,23,25,31-33H,10-16H2,1-9H3/b22-21+. The number of ether oxygens (including phenoxy) is 2. The fourth-order valence-electron chi connectivity index (χ4n) is 8.85. The lowest BCUT2D eigenvalue weighted by Gasteiger charge is -2.67. The molecule has 0 aromatic heterocycles. The van der Waals surface area contributed by atoms with Crippen molar-refractivity contribution in [2.24, 2.45) is 28.6 Å². The first-order valence-electron chi connectivity index (χ1n) is 14.4. The largest absolute Gasteiger partial charge is 0.493 e. The summed E-state index contributed by atoms with van der Waals surface area (Å²) in [4.78, 5) is 14.6. The van der Waals surface area contributed by atoms with E-state index in [1.807, 2.05) is 13.8 Å². The van der Waals surface area contributed by atoms with E-state index in [-0.39, 0.29) is 35.9 Å². The molecule has 0 amide bonds. The average molecular weight is 539 g/mol. The van der Waals surface area contributed by atoms with Crippen molar-refractivity contribution in [2.75, 3.05) is 14.2 Å². The van der Waals surface area contributed by atoms with Crippen LogP contribution in [0.1, 0.15) is 74.1 Å². The molecule has 0 aromatic rings. The molecule has 2 bridgehead atoms. The lowest BCUT2D eigenvalue weighted by atomic mass is 9.41. The third kappa shape index (κ3) is 3.65. The van der Waals surface area contributed by atoms with E-state index in [9.17, 15) is 20.1 Å². The molecule has 0 saturated heterocycles. The fourth-order valence-corrected chi connectivity index (χ4v) is 11.8. The second-order valence-corrected chi connectivity index (χ2v) is 17.8. The molecule has 3 fully saturated rings. The number of fused-ring (bicyclic) bond motifs is 5. The van der Waals surface area contributed by atoms with E-state index in [0.29, 0.717) is 18.4 Å². The van der Waals surface area contributed by atoms with E-state index in [4.69, 9.17) is 13.9 Å². The van der Waals surface area contributed by atoms with E-state index in [1.54, 1.807) is 14.0 Å². The van der Waals surface area contributed by atoms with Crippen molar-refractivity contribution >= 4 is 14.1 Å². The van der Waals surface area contributed by atoms with Crippen molar-refractivity contribution in [3.8, 4) is 0 Å². The van der Waals surface area contributed by atoms with E-state index >= 15 is 0 Å². The van der Waals surface area contributed by atoms with Crippen molar-refractivity contribution in [3.63, 3.8) is 0 Å². The summed E-state index contributed by atoms with van der Waals surface area (Å²) in [6.07, 6.45) is -0.168. The number of aliphatic hydroxyl groups excluding tert-OH is 1. The number of aliphatic hydroxyl groups is 3. The van der Waals surface area contributed by atoms with E-state index < -0.39 is 48.5 Å². The van der Waals surface area contributed by atoms with Crippen LogP contribution in [0.15, 0.2) is 11.3 Å². The van der Waals surface area contributed by atoms with Crippen LogP contribution in [0.3, 0.4) is 0 Å². The Balaban J connectivity index is 1.99. The van der Waals surface area contributed by atoms with Crippen LogP contribution >= 0.6 is 0 Å². The van der Waals surface area contributed by atoms with Gasteiger partial charge in [0, 0.05) is 30.8 Å². The molecule has 4 rings (SSSR count). The molecule has 4 aliphatic carbocycles. The average Bonchev–Trinajstić information content (AvgIpc) is 2.86. The Labute approximate surface area is 224 Å². The molecule has 8 heteroatoms. The first-order valence-corrected chi connectivity index (χ1v) is 16.9. The number of carbonyl (C=O) groups excluding carboxylic acids is 1. The zero-order valence-corrected chi connectivity index (χ0v) is 25.4. The van der Waals surface area contributed by atoms with Gasteiger partial charge in [-0.1, -0.05) is 41.5 Å². The summed E-state index contributed by atoms with van der Waals surface area (Å²) in [6.45, 7) is 14.2. The molecule has 9 atom stereocenters. The Morgan fingerprint density at radius 3 is 2.11 bits per heavy atom. The first kappa shape index (κ1) is 29.2. The van der Waals surface area contributed by atoms with Gasteiger partial charge in [0.2, 0.25) is 5.78 Å². The number of methoxy groups -OCH3 is 2. The summed E-state index contributed by atoms with van der Waals surface area (Å²) < 4.78 is 18.8. The smallest absolute Gasteiger partial charge is 0.206 e. The summed E-state index contributed by atoms with van der Waals surface area (Å²) in [7, 11) is 1.02. The van der Waals surface area contributed by atoms with Crippen LogP contribution < -0.4 is 0 Å². The second kappa shape index (κ2) is 9.41. The minimum absolute atomic E-state index is 0.0894. The molecule has 9 unspecified atom stereocenters. The topological polar surface area (TPSA) is 105 Å². The van der Waals surface area contributed by atoms with E-state index in [1.165, 1.54) is 7.11 Å². The van der Waals surface area contributed by atoms with Crippen molar-refractivity contribution in [1.29, 1.82) is 0 Å². The SMILES string of the molecule is CC[Si](CC)(CC)OC1CC2(O)C(O)C3C4(O)CCC4CC(OC)C3(C)C(=O)/C(OC)=C(/C1C)C2(C)C. The normalized spacial score (nSPS) is 47.3. The number of hydrogen-bond donors (Lipinski definition) is 3. The maximum atomic E-state index is 14.6. The molecule has 0 spiro atoms. The van der Waals surface area contributed by atoms with Crippen LogP contribution in [0.4, 0.5) is 0 Å². The number of rotatable bonds is 7. The van der Waals surface area contributed by atoms with Crippen LogP contribution in [-0.2, 0) is 18.7 Å². The molecule has 0 aromatic carbocycles. The Bertz CT molecular complexity index is 936. The summed E-state index contributed by atoms with van der Waals surface area (Å²) in [5, 5.41) is 37.0. The van der Waals surface area contributed by atoms with Gasteiger partial charge in [-0.15, -0.1) is 0 Å². The predicted molar refractivity (Wildman–Crippen MR) is 144 cm³/mol. The lowest BCUT2D eigenvalue weighted by Crippen LogP contribution is -2.76. The number of Topliss-reactive ketones (excluding diaryl/α,β-unsaturated/α-hetero) is 1. The summed E-state index contributed by atoms with van der Waals surface area (Å²) >= 11 is 0. The van der Waals surface area contributed by atoms with Gasteiger partial charge in [0.25, 0.3) is 0 Å². The van der Waals surface area contributed by atoms with Crippen LogP contribution in [0.5, 0.6) is 0 Å². The van der Waals surface area contributed by atoms with Crippen LogP contribution in [0.2, 0.25) is 18.1 Å².